The Hall–Kier alpha value is -4.66. The minimum atomic E-state index is -0.742. The standard InChI is InChI=1S/C40H41F2N4O/c1-45(2)21-5-7-37(31-10-14-35(41)15-11-31)38-18-8-29(25-43)23-32(38)27-46(3,4)22-6-20-40(34-12-16-36(42)17-13-34)39-19-9-30(26-44)24-33(39)28-47-40/h7-19,23-24H,5-6,20-22,27-28H2,1-4H3/q+1/b37-7+. The molecule has 0 N–H and O–H groups in total. The molecule has 1 atom stereocenters. The first-order valence-corrected chi connectivity index (χ1v) is 15.9. The number of ether oxygens (including phenoxy) is 1. The van der Waals surface area contributed by atoms with Crippen LogP contribution in [0.3, 0.4) is 0 Å². The molecule has 0 spiro atoms. The van der Waals surface area contributed by atoms with Gasteiger partial charge in [0, 0.05) is 12.1 Å². The van der Waals surface area contributed by atoms with Crippen molar-refractivity contribution in [3.05, 3.63) is 147 Å². The Balaban J connectivity index is 1.43. The van der Waals surface area contributed by atoms with Crippen molar-refractivity contribution in [2.45, 2.75) is 38.0 Å². The van der Waals surface area contributed by atoms with E-state index < -0.39 is 5.60 Å². The molecule has 1 aliphatic heterocycles. The number of hydrogen-bond acceptors (Lipinski definition) is 4. The van der Waals surface area contributed by atoms with Crippen molar-refractivity contribution in [1.29, 1.82) is 10.5 Å². The van der Waals surface area contributed by atoms with Gasteiger partial charge in [-0.3, -0.25) is 0 Å². The maximum absolute atomic E-state index is 14.0. The molecular formula is C40H41F2N4O+. The molecule has 0 aromatic heterocycles. The van der Waals surface area contributed by atoms with Gasteiger partial charge in [0.15, 0.2) is 0 Å². The van der Waals surface area contributed by atoms with Crippen LogP contribution in [0.5, 0.6) is 0 Å². The van der Waals surface area contributed by atoms with Crippen LogP contribution in [-0.2, 0) is 23.5 Å². The van der Waals surface area contributed by atoms with E-state index in [1.807, 2.05) is 62.6 Å². The van der Waals surface area contributed by atoms with Crippen LogP contribution in [0.2, 0.25) is 0 Å². The first-order valence-electron chi connectivity index (χ1n) is 15.9. The lowest BCUT2D eigenvalue weighted by Crippen LogP contribution is -2.41. The fraction of sp³-hybridized carbons (Fsp3) is 0.300. The molecule has 5 nitrogen and oxygen atoms in total. The number of halogens is 2. The minimum absolute atomic E-state index is 0.281. The van der Waals surface area contributed by atoms with Crippen LogP contribution in [0.25, 0.3) is 5.57 Å². The summed E-state index contributed by atoms with van der Waals surface area (Å²) in [6.45, 7) is 2.74. The summed E-state index contributed by atoms with van der Waals surface area (Å²) in [5, 5.41) is 19.3. The Kier molecular flexibility index (Phi) is 10.3. The summed E-state index contributed by atoms with van der Waals surface area (Å²) in [6, 6.07) is 29.2. The zero-order valence-corrected chi connectivity index (χ0v) is 27.6. The molecule has 0 saturated carbocycles. The second-order valence-corrected chi connectivity index (χ2v) is 13.2. The molecule has 240 valence electrons. The van der Waals surface area contributed by atoms with Crippen LogP contribution in [0.15, 0.2) is 91.0 Å². The minimum Gasteiger partial charge on any atom is -0.361 e. The highest BCUT2D eigenvalue weighted by atomic mass is 19.1. The van der Waals surface area contributed by atoms with Crippen molar-refractivity contribution in [3.63, 3.8) is 0 Å². The van der Waals surface area contributed by atoms with Gasteiger partial charge >= 0.3 is 0 Å². The van der Waals surface area contributed by atoms with Gasteiger partial charge in [-0.2, -0.15) is 10.5 Å². The first-order chi connectivity index (χ1) is 22.5. The molecule has 0 amide bonds. The van der Waals surface area contributed by atoms with E-state index in [1.54, 1.807) is 12.1 Å². The summed E-state index contributed by atoms with van der Waals surface area (Å²) >= 11 is 0. The molecule has 0 fully saturated rings. The number of hydrogen-bond donors (Lipinski definition) is 0. The summed E-state index contributed by atoms with van der Waals surface area (Å²) in [5.74, 6) is -0.581. The zero-order chi connectivity index (χ0) is 33.6. The largest absolute Gasteiger partial charge is 0.361 e. The third-order valence-corrected chi connectivity index (χ3v) is 8.95. The Morgan fingerprint density at radius 2 is 1.53 bits per heavy atom. The predicted octanol–water partition coefficient (Wildman–Crippen LogP) is 7.92. The number of benzene rings is 4. The average molecular weight is 632 g/mol. The molecule has 1 unspecified atom stereocenters. The van der Waals surface area contributed by atoms with E-state index in [2.05, 4.69) is 37.2 Å². The fourth-order valence-electron chi connectivity index (χ4n) is 6.60. The Labute approximate surface area is 277 Å². The van der Waals surface area contributed by atoms with E-state index in [4.69, 9.17) is 4.74 Å². The highest BCUT2D eigenvalue weighted by Crippen LogP contribution is 2.46. The van der Waals surface area contributed by atoms with Gasteiger partial charge in [0.05, 0.1) is 50.5 Å². The van der Waals surface area contributed by atoms with E-state index in [1.165, 1.54) is 24.3 Å². The molecule has 0 radical (unpaired) electrons. The van der Waals surface area contributed by atoms with Crippen molar-refractivity contribution in [3.8, 4) is 12.1 Å². The summed E-state index contributed by atoms with van der Waals surface area (Å²) in [5.41, 5.74) is 7.37. The Morgan fingerprint density at radius 3 is 2.19 bits per heavy atom. The van der Waals surface area contributed by atoms with Crippen molar-refractivity contribution in [2.24, 2.45) is 0 Å². The second kappa shape index (κ2) is 14.4. The van der Waals surface area contributed by atoms with Crippen LogP contribution in [-0.4, -0.2) is 50.7 Å². The quantitative estimate of drug-likeness (QED) is 0.149. The number of fused-ring (bicyclic) bond motifs is 1. The number of nitrogens with zero attached hydrogens (tertiary/aromatic N) is 4. The topological polar surface area (TPSA) is 60.1 Å². The molecule has 7 heteroatoms. The number of rotatable bonds is 12. The van der Waals surface area contributed by atoms with Gasteiger partial charge in [-0.15, -0.1) is 0 Å². The molecule has 0 aliphatic carbocycles. The van der Waals surface area contributed by atoms with Gasteiger partial charge in [-0.25, -0.2) is 8.78 Å². The number of nitriles is 2. The zero-order valence-electron chi connectivity index (χ0n) is 27.6. The van der Waals surface area contributed by atoms with Crippen LogP contribution in [0, 0.1) is 34.3 Å². The fourth-order valence-corrected chi connectivity index (χ4v) is 6.60. The van der Waals surface area contributed by atoms with Gasteiger partial charge in [0.2, 0.25) is 0 Å². The van der Waals surface area contributed by atoms with Gasteiger partial charge in [0.1, 0.15) is 23.8 Å². The van der Waals surface area contributed by atoms with Gasteiger partial charge in [-0.1, -0.05) is 42.5 Å². The molecule has 4 aromatic rings. The third kappa shape index (κ3) is 7.84. The molecular weight excluding hydrogens is 590 g/mol. The second-order valence-electron chi connectivity index (χ2n) is 13.2. The van der Waals surface area contributed by atoms with E-state index in [-0.39, 0.29) is 11.6 Å². The van der Waals surface area contributed by atoms with E-state index in [9.17, 15) is 19.3 Å². The maximum Gasteiger partial charge on any atom is 0.123 e. The highest BCUT2D eigenvalue weighted by molar-refractivity contribution is 5.81. The Bertz CT molecular complexity index is 1830. The van der Waals surface area contributed by atoms with Crippen LogP contribution < -0.4 is 0 Å². The molecule has 0 bridgehead atoms. The normalized spacial score (nSPS) is 16.1. The lowest BCUT2D eigenvalue weighted by molar-refractivity contribution is -0.903. The van der Waals surface area contributed by atoms with E-state index in [0.29, 0.717) is 35.2 Å². The van der Waals surface area contributed by atoms with Crippen molar-refractivity contribution < 1.29 is 18.0 Å². The van der Waals surface area contributed by atoms with Gasteiger partial charge in [-0.05, 0) is 115 Å². The lowest BCUT2D eigenvalue weighted by Gasteiger charge is -2.34. The molecule has 5 rings (SSSR count). The third-order valence-electron chi connectivity index (χ3n) is 8.95. The molecule has 47 heavy (non-hydrogen) atoms. The van der Waals surface area contributed by atoms with Crippen molar-refractivity contribution in [2.75, 3.05) is 41.3 Å². The summed E-state index contributed by atoms with van der Waals surface area (Å²) in [4.78, 5) is 2.13. The molecule has 1 heterocycles. The highest BCUT2D eigenvalue weighted by Gasteiger charge is 2.42. The molecule has 4 aromatic carbocycles. The maximum atomic E-state index is 14.0. The SMILES string of the molecule is CN(C)CC/C=C(\c1ccc(F)cc1)c1ccc(C#N)cc1C[N+](C)(C)CCCC1(c2ccc(F)cc2)OCc2cc(C#N)ccc21. The predicted molar refractivity (Wildman–Crippen MR) is 181 cm³/mol. The summed E-state index contributed by atoms with van der Waals surface area (Å²) in [7, 11) is 8.45. The van der Waals surface area contributed by atoms with E-state index >= 15 is 0 Å². The van der Waals surface area contributed by atoms with E-state index in [0.717, 1.165) is 64.9 Å². The van der Waals surface area contributed by atoms with Gasteiger partial charge in [0.25, 0.3) is 0 Å². The van der Waals surface area contributed by atoms with Crippen LogP contribution in [0.4, 0.5) is 8.78 Å². The molecule has 0 saturated heterocycles. The summed E-state index contributed by atoms with van der Waals surface area (Å²) < 4.78 is 35.1. The van der Waals surface area contributed by atoms with Crippen molar-refractivity contribution in [1.82, 2.24) is 4.90 Å². The lowest BCUT2D eigenvalue weighted by atomic mass is 9.81. The molecule has 1 aliphatic rings. The average Bonchev–Trinajstić information content (AvgIpc) is 3.42. The smallest absolute Gasteiger partial charge is 0.123 e. The number of quaternary nitrogens is 1. The van der Waals surface area contributed by atoms with Crippen molar-refractivity contribution >= 4 is 5.57 Å². The summed E-state index contributed by atoms with van der Waals surface area (Å²) in [6.07, 6.45) is 4.51. The Morgan fingerprint density at radius 1 is 0.894 bits per heavy atom. The first kappa shape index (κ1) is 33.7. The van der Waals surface area contributed by atoms with Gasteiger partial charge < -0.3 is 14.1 Å². The van der Waals surface area contributed by atoms with Crippen LogP contribution in [0.1, 0.15) is 63.8 Å². The monoisotopic (exact) mass is 631 g/mol. The van der Waals surface area contributed by atoms with Crippen LogP contribution >= 0.6 is 0 Å².